The van der Waals surface area contributed by atoms with E-state index in [-0.39, 0.29) is 12.8 Å². The fourth-order valence-electron chi connectivity index (χ4n) is 8.28. The van der Waals surface area contributed by atoms with Crippen molar-refractivity contribution in [1.82, 2.24) is 0 Å². The number of aliphatic hydroxyl groups is 2. The van der Waals surface area contributed by atoms with Crippen molar-refractivity contribution < 1.29 is 52.8 Å². The lowest BCUT2D eigenvalue weighted by molar-refractivity contribution is -0.268. The van der Waals surface area contributed by atoms with E-state index in [1.807, 2.05) is 6.92 Å². The maximum atomic E-state index is 14.1. The van der Waals surface area contributed by atoms with Crippen LogP contribution in [0.4, 0.5) is 0 Å². The smallest absolute Gasteiger partial charge is 0.335 e. The van der Waals surface area contributed by atoms with E-state index in [2.05, 4.69) is 0 Å². The van der Waals surface area contributed by atoms with Crippen molar-refractivity contribution in [2.75, 3.05) is 7.11 Å². The lowest BCUT2D eigenvalue weighted by Crippen LogP contribution is -2.62. The van der Waals surface area contributed by atoms with Gasteiger partial charge in [-0.3, -0.25) is 14.4 Å². The van der Waals surface area contributed by atoms with Crippen molar-refractivity contribution in [3.05, 3.63) is 35.3 Å². The van der Waals surface area contributed by atoms with Crippen LogP contribution in [-0.2, 0) is 38.1 Å². The minimum absolute atomic E-state index is 0.0805. The van der Waals surface area contributed by atoms with Crippen molar-refractivity contribution in [3.63, 3.8) is 0 Å². The molecule has 5 rings (SSSR count). The molecule has 1 aromatic heterocycles. The lowest BCUT2D eigenvalue weighted by atomic mass is 9.48. The van der Waals surface area contributed by atoms with Gasteiger partial charge in [0.25, 0.3) is 5.79 Å². The molecule has 0 aromatic carbocycles. The zero-order valence-electron chi connectivity index (χ0n) is 23.5. The first-order valence-corrected chi connectivity index (χ1v) is 13.4. The number of aliphatic hydroxyl groups excluding tert-OH is 1. The van der Waals surface area contributed by atoms with Crippen molar-refractivity contribution in [2.45, 2.75) is 84.4 Å². The molecule has 1 aromatic rings. The topological polar surface area (TPSA) is 159 Å². The average molecular weight is 561 g/mol. The first-order chi connectivity index (χ1) is 18.6. The van der Waals surface area contributed by atoms with Gasteiger partial charge in [-0.15, -0.1) is 0 Å². The third-order valence-electron chi connectivity index (χ3n) is 9.90. The number of hydrogen-bond acceptors (Lipinski definition) is 11. The van der Waals surface area contributed by atoms with Gasteiger partial charge in [0.2, 0.25) is 0 Å². The maximum Gasteiger partial charge on any atom is 0.335 e. The van der Waals surface area contributed by atoms with E-state index in [9.17, 15) is 29.4 Å². The second-order valence-electron chi connectivity index (χ2n) is 12.6. The summed E-state index contributed by atoms with van der Waals surface area (Å²) in [6.07, 6.45) is -0.334. The Morgan fingerprint density at radius 1 is 1.18 bits per heavy atom. The number of hydrogen-bond donors (Lipinski definition) is 2. The van der Waals surface area contributed by atoms with Gasteiger partial charge < -0.3 is 33.6 Å². The highest BCUT2D eigenvalue weighted by atomic mass is 16.7. The monoisotopic (exact) mass is 560 g/mol. The first-order valence-electron chi connectivity index (χ1n) is 13.4. The van der Waals surface area contributed by atoms with Gasteiger partial charge in [0, 0.05) is 35.7 Å². The van der Waals surface area contributed by atoms with Crippen LogP contribution in [-0.4, -0.2) is 59.2 Å². The second-order valence-corrected chi connectivity index (χ2v) is 12.6. The van der Waals surface area contributed by atoms with E-state index in [1.54, 1.807) is 26.8 Å². The average Bonchev–Trinajstić information content (AvgIpc) is 3.37. The molecule has 11 nitrogen and oxygen atoms in total. The Balaban J connectivity index is 1.79. The Morgan fingerprint density at radius 2 is 1.88 bits per heavy atom. The molecule has 0 amide bonds. The molecule has 0 saturated carbocycles. The van der Waals surface area contributed by atoms with E-state index in [1.165, 1.54) is 12.5 Å². The molecule has 0 spiro atoms. The third kappa shape index (κ3) is 3.84. The molecular weight excluding hydrogens is 524 g/mol. The van der Waals surface area contributed by atoms with Gasteiger partial charge in [-0.25, -0.2) is 4.79 Å². The molecule has 40 heavy (non-hydrogen) atoms. The highest BCUT2D eigenvalue weighted by Gasteiger charge is 2.72. The fourth-order valence-corrected chi connectivity index (χ4v) is 8.28. The molecule has 1 aliphatic carbocycles. The van der Waals surface area contributed by atoms with Crippen molar-refractivity contribution in [2.24, 2.45) is 28.1 Å². The van der Waals surface area contributed by atoms with Gasteiger partial charge in [0.05, 0.1) is 31.5 Å². The minimum atomic E-state index is -2.35. The van der Waals surface area contributed by atoms with Crippen molar-refractivity contribution in [3.8, 4) is 0 Å². The SMILES string of the molecule is COC(=O)[C@H](O)[C@H]1C(C)(C)[C@H](OC(C)=O)[C@@]2(O)CC3=C4CC(=O)O[C@@H](c5ccoc5)[C@]4(C)CC[C@H]3[C@@]1(C)C(=O)O2. The summed E-state index contributed by atoms with van der Waals surface area (Å²) in [6, 6.07) is 1.73. The van der Waals surface area contributed by atoms with Crippen molar-refractivity contribution in [1.29, 1.82) is 0 Å². The van der Waals surface area contributed by atoms with Crippen LogP contribution < -0.4 is 0 Å². The molecule has 11 heteroatoms. The number of fused-ring (bicyclic) bond motifs is 6. The van der Waals surface area contributed by atoms with E-state index in [0.717, 1.165) is 14.0 Å². The number of carbonyl (C=O) groups excluding carboxylic acids is 4. The molecule has 3 saturated heterocycles. The van der Waals surface area contributed by atoms with Gasteiger partial charge in [-0.1, -0.05) is 26.3 Å². The molecule has 3 fully saturated rings. The van der Waals surface area contributed by atoms with Crippen LogP contribution >= 0.6 is 0 Å². The number of rotatable bonds is 4. The first kappa shape index (κ1) is 28.4. The Kier molecular flexibility index (Phi) is 6.50. The van der Waals surface area contributed by atoms with Gasteiger partial charge >= 0.3 is 23.9 Å². The fraction of sp³-hybridized carbons (Fsp3) is 0.655. The van der Waals surface area contributed by atoms with E-state index < -0.39 is 76.1 Å². The number of cyclic esters (lactones) is 1. The molecule has 8 atom stereocenters. The Morgan fingerprint density at radius 3 is 2.48 bits per heavy atom. The van der Waals surface area contributed by atoms with E-state index in [4.69, 9.17) is 23.4 Å². The summed E-state index contributed by atoms with van der Waals surface area (Å²) >= 11 is 0. The molecule has 4 heterocycles. The van der Waals surface area contributed by atoms with E-state index in [0.29, 0.717) is 29.6 Å². The summed E-state index contributed by atoms with van der Waals surface area (Å²) in [5.41, 5.74) is -1.66. The molecule has 0 radical (unpaired) electrons. The molecule has 4 aliphatic rings. The van der Waals surface area contributed by atoms with Crippen molar-refractivity contribution >= 4 is 23.9 Å². The predicted molar refractivity (Wildman–Crippen MR) is 135 cm³/mol. The minimum Gasteiger partial charge on any atom is -0.472 e. The zero-order valence-corrected chi connectivity index (χ0v) is 23.5. The molecular formula is C29H36O11. The summed E-state index contributed by atoms with van der Waals surface area (Å²) < 4.78 is 27.4. The highest BCUT2D eigenvalue weighted by Crippen LogP contribution is 2.66. The molecule has 2 bridgehead atoms. The molecule has 0 unspecified atom stereocenters. The second kappa shape index (κ2) is 9.17. The largest absolute Gasteiger partial charge is 0.472 e. The Bertz CT molecular complexity index is 1280. The quantitative estimate of drug-likeness (QED) is 0.317. The van der Waals surface area contributed by atoms with Gasteiger partial charge in [0.15, 0.2) is 12.2 Å². The molecule has 218 valence electrons. The van der Waals surface area contributed by atoms with Gasteiger partial charge in [-0.2, -0.15) is 0 Å². The van der Waals surface area contributed by atoms with E-state index >= 15 is 0 Å². The number of carbonyl (C=O) groups is 4. The van der Waals surface area contributed by atoms with Gasteiger partial charge in [0.1, 0.15) is 6.10 Å². The Labute approximate surface area is 231 Å². The summed E-state index contributed by atoms with van der Waals surface area (Å²) in [5.74, 6) is -7.19. The van der Waals surface area contributed by atoms with Gasteiger partial charge in [-0.05, 0) is 37.3 Å². The summed E-state index contributed by atoms with van der Waals surface area (Å²) in [6.45, 7) is 7.99. The number of methoxy groups -OCH3 is 1. The Hall–Kier alpha value is -3.18. The van der Waals surface area contributed by atoms with Crippen LogP contribution in [0, 0.1) is 28.1 Å². The molecule has 2 N–H and O–H groups in total. The lowest BCUT2D eigenvalue weighted by Gasteiger charge is -2.56. The van der Waals surface area contributed by atoms with Crippen LogP contribution in [0.15, 0.2) is 34.2 Å². The predicted octanol–water partition coefficient (Wildman–Crippen LogP) is 2.74. The van der Waals surface area contributed by atoms with Crippen LogP contribution in [0.25, 0.3) is 0 Å². The van der Waals surface area contributed by atoms with Crippen LogP contribution in [0.3, 0.4) is 0 Å². The van der Waals surface area contributed by atoms with Crippen LogP contribution in [0.5, 0.6) is 0 Å². The number of ether oxygens (including phenoxy) is 4. The van der Waals surface area contributed by atoms with Crippen LogP contribution in [0.2, 0.25) is 0 Å². The summed E-state index contributed by atoms with van der Waals surface area (Å²) in [4.78, 5) is 52.2. The zero-order chi connectivity index (χ0) is 29.4. The molecule has 3 aliphatic heterocycles. The normalized spacial score (nSPS) is 39.1. The standard InChI is InChI=1S/C29H36O11/c1-14(30)38-24-26(2,3)21(20(32)23(33)36-6)28(5)17-7-9-27(4)18(16(17)12-29(24,35)40-25(28)34)11-19(31)39-22(27)15-8-10-37-13-15/h8,10,13,17,20-22,24,32,35H,7,9,11-12H2,1-6H3/t17-,20-,21+,22+,24+,27-,28-,29-/m1/s1. The summed E-state index contributed by atoms with van der Waals surface area (Å²) in [7, 11) is 1.12. The van der Waals surface area contributed by atoms with Crippen LogP contribution in [0.1, 0.15) is 72.0 Å². The number of furan rings is 1. The maximum absolute atomic E-state index is 14.1. The number of esters is 4. The highest BCUT2D eigenvalue weighted by molar-refractivity contribution is 5.83. The summed E-state index contributed by atoms with van der Waals surface area (Å²) in [5, 5.41) is 23.6. The third-order valence-corrected chi connectivity index (χ3v) is 9.90.